The number of benzene rings is 1. The molecule has 4 nitrogen and oxygen atoms in total. The molecule has 0 spiro atoms. The van der Waals surface area contributed by atoms with Crippen LogP contribution in [-0.2, 0) is 0 Å². The Morgan fingerprint density at radius 3 is 2.57 bits per heavy atom. The van der Waals surface area contributed by atoms with E-state index in [0.717, 1.165) is 5.69 Å². The van der Waals surface area contributed by atoms with Gasteiger partial charge in [-0.2, -0.15) is 0 Å². The van der Waals surface area contributed by atoms with Gasteiger partial charge in [-0.3, -0.25) is 4.79 Å². The van der Waals surface area contributed by atoms with Crippen LogP contribution in [0.3, 0.4) is 0 Å². The molecule has 106 valence electrons. The number of nitrogens with one attached hydrogen (secondary N) is 2. The predicted octanol–water partition coefficient (Wildman–Crippen LogP) is 2.97. The van der Waals surface area contributed by atoms with Crippen molar-refractivity contribution < 1.29 is 4.79 Å². The van der Waals surface area contributed by atoms with E-state index in [9.17, 15) is 4.79 Å². The van der Waals surface area contributed by atoms with E-state index in [1.807, 2.05) is 30.3 Å². The fourth-order valence-corrected chi connectivity index (χ4v) is 1.73. The molecule has 0 aliphatic carbocycles. The Morgan fingerprint density at radius 1 is 1.19 bits per heavy atom. The van der Waals surface area contributed by atoms with Crippen molar-refractivity contribution >= 4 is 17.4 Å². The SMILES string of the molecule is C#CC(C)(C)NC(=O)c1cccnc1Nc1ccccc1. The zero-order valence-corrected chi connectivity index (χ0v) is 12.1. The molecule has 0 fully saturated rings. The van der Waals surface area contributed by atoms with E-state index in [0.29, 0.717) is 11.4 Å². The monoisotopic (exact) mass is 279 g/mol. The van der Waals surface area contributed by atoms with Crippen LogP contribution in [0.2, 0.25) is 0 Å². The number of anilines is 2. The molecular formula is C17H17N3O. The molecule has 0 saturated heterocycles. The summed E-state index contributed by atoms with van der Waals surface area (Å²) in [6.45, 7) is 3.54. The zero-order valence-electron chi connectivity index (χ0n) is 12.1. The Labute approximate surface area is 124 Å². The summed E-state index contributed by atoms with van der Waals surface area (Å²) in [6, 6.07) is 13.0. The van der Waals surface area contributed by atoms with E-state index in [-0.39, 0.29) is 5.91 Å². The topological polar surface area (TPSA) is 54.0 Å². The number of rotatable bonds is 4. The third-order valence-electron chi connectivity index (χ3n) is 2.88. The summed E-state index contributed by atoms with van der Waals surface area (Å²) >= 11 is 0. The number of amides is 1. The van der Waals surface area contributed by atoms with Crippen molar-refractivity contribution in [1.82, 2.24) is 10.3 Å². The number of carbonyl (C=O) groups is 1. The van der Waals surface area contributed by atoms with Crippen LogP contribution in [0.25, 0.3) is 0 Å². The maximum absolute atomic E-state index is 12.3. The number of hydrogen-bond donors (Lipinski definition) is 2. The molecule has 0 atom stereocenters. The minimum absolute atomic E-state index is 0.260. The van der Waals surface area contributed by atoms with Crippen molar-refractivity contribution in [2.45, 2.75) is 19.4 Å². The van der Waals surface area contributed by atoms with E-state index in [1.54, 1.807) is 32.2 Å². The fourth-order valence-electron chi connectivity index (χ4n) is 1.73. The van der Waals surface area contributed by atoms with Gasteiger partial charge in [0.05, 0.1) is 11.1 Å². The van der Waals surface area contributed by atoms with Gasteiger partial charge in [0.25, 0.3) is 5.91 Å². The van der Waals surface area contributed by atoms with Gasteiger partial charge in [-0.15, -0.1) is 6.42 Å². The van der Waals surface area contributed by atoms with Gasteiger partial charge in [-0.1, -0.05) is 24.1 Å². The molecule has 21 heavy (non-hydrogen) atoms. The molecule has 2 aromatic rings. The Bertz CT molecular complexity index is 672. The molecule has 1 amide bonds. The van der Waals surface area contributed by atoms with Crippen LogP contribution in [0.4, 0.5) is 11.5 Å². The first-order chi connectivity index (χ1) is 10.0. The second kappa shape index (κ2) is 6.10. The van der Waals surface area contributed by atoms with Crippen molar-refractivity contribution in [1.29, 1.82) is 0 Å². The lowest BCUT2D eigenvalue weighted by Gasteiger charge is -2.20. The molecule has 0 saturated carbocycles. The van der Waals surface area contributed by atoms with Crippen LogP contribution in [0.5, 0.6) is 0 Å². The van der Waals surface area contributed by atoms with Crippen LogP contribution in [-0.4, -0.2) is 16.4 Å². The summed E-state index contributed by atoms with van der Waals surface area (Å²) in [7, 11) is 0. The lowest BCUT2D eigenvalue weighted by atomic mass is 10.1. The number of hydrogen-bond acceptors (Lipinski definition) is 3. The lowest BCUT2D eigenvalue weighted by Crippen LogP contribution is -2.42. The first kappa shape index (κ1) is 14.6. The molecule has 0 bridgehead atoms. The van der Waals surface area contributed by atoms with E-state index in [1.165, 1.54) is 0 Å². The minimum atomic E-state index is -0.711. The average Bonchev–Trinajstić information content (AvgIpc) is 2.48. The van der Waals surface area contributed by atoms with Crippen molar-refractivity contribution in [2.75, 3.05) is 5.32 Å². The lowest BCUT2D eigenvalue weighted by molar-refractivity contribution is 0.0930. The molecule has 1 heterocycles. The van der Waals surface area contributed by atoms with Gasteiger partial charge in [0, 0.05) is 11.9 Å². The molecule has 2 N–H and O–H groups in total. The number of carbonyl (C=O) groups excluding carboxylic acids is 1. The number of aromatic nitrogens is 1. The van der Waals surface area contributed by atoms with Crippen molar-refractivity contribution in [3.05, 3.63) is 54.2 Å². The maximum Gasteiger partial charge on any atom is 0.256 e. The highest BCUT2D eigenvalue weighted by Gasteiger charge is 2.20. The van der Waals surface area contributed by atoms with Crippen molar-refractivity contribution in [3.8, 4) is 12.3 Å². The Hall–Kier alpha value is -2.80. The molecule has 1 aromatic carbocycles. The second-order valence-electron chi connectivity index (χ2n) is 5.11. The smallest absolute Gasteiger partial charge is 0.256 e. The molecule has 4 heteroatoms. The molecule has 0 unspecified atom stereocenters. The largest absolute Gasteiger partial charge is 0.340 e. The molecule has 0 aliphatic rings. The van der Waals surface area contributed by atoms with Gasteiger partial charge < -0.3 is 10.6 Å². The standard InChI is InChI=1S/C17H17N3O/c1-4-17(2,3)20-16(21)14-11-8-12-18-15(14)19-13-9-6-5-7-10-13/h1,5-12H,2-3H3,(H,18,19)(H,20,21). The summed E-state index contributed by atoms with van der Waals surface area (Å²) in [5.74, 6) is 2.77. The molecule has 1 aromatic heterocycles. The number of terminal acetylenes is 1. The number of nitrogens with zero attached hydrogens (tertiary/aromatic N) is 1. The van der Waals surface area contributed by atoms with Gasteiger partial charge in [0.1, 0.15) is 5.82 Å². The summed E-state index contributed by atoms with van der Waals surface area (Å²) in [5, 5.41) is 5.93. The van der Waals surface area contributed by atoms with Crippen molar-refractivity contribution in [2.24, 2.45) is 0 Å². The highest BCUT2D eigenvalue weighted by atomic mass is 16.1. The third-order valence-corrected chi connectivity index (χ3v) is 2.88. The van der Waals surface area contributed by atoms with Gasteiger partial charge in [-0.25, -0.2) is 4.98 Å². The van der Waals surface area contributed by atoms with E-state index < -0.39 is 5.54 Å². The Kier molecular flexibility index (Phi) is 4.24. The molecule has 2 rings (SSSR count). The molecular weight excluding hydrogens is 262 g/mol. The quantitative estimate of drug-likeness (QED) is 0.846. The van der Waals surface area contributed by atoms with E-state index >= 15 is 0 Å². The van der Waals surface area contributed by atoms with Gasteiger partial charge in [0.2, 0.25) is 0 Å². The summed E-state index contributed by atoms with van der Waals surface area (Å²) in [4.78, 5) is 16.6. The zero-order chi connectivity index (χ0) is 15.3. The van der Waals surface area contributed by atoms with Crippen molar-refractivity contribution in [3.63, 3.8) is 0 Å². The molecule has 0 aliphatic heterocycles. The summed E-state index contributed by atoms with van der Waals surface area (Å²) < 4.78 is 0. The minimum Gasteiger partial charge on any atom is -0.340 e. The van der Waals surface area contributed by atoms with Crippen LogP contribution in [0.1, 0.15) is 24.2 Å². The predicted molar refractivity (Wildman–Crippen MR) is 84.3 cm³/mol. The number of pyridine rings is 1. The van der Waals surface area contributed by atoms with Crippen LogP contribution < -0.4 is 10.6 Å². The summed E-state index contributed by atoms with van der Waals surface area (Å²) in [5.41, 5.74) is 0.600. The average molecular weight is 279 g/mol. The normalized spacial score (nSPS) is 10.5. The number of para-hydroxylation sites is 1. The highest BCUT2D eigenvalue weighted by Crippen LogP contribution is 2.18. The second-order valence-corrected chi connectivity index (χ2v) is 5.11. The Morgan fingerprint density at radius 2 is 1.90 bits per heavy atom. The van der Waals surface area contributed by atoms with Crippen LogP contribution >= 0.6 is 0 Å². The first-order valence-electron chi connectivity index (χ1n) is 6.59. The maximum atomic E-state index is 12.3. The third kappa shape index (κ3) is 3.83. The summed E-state index contributed by atoms with van der Waals surface area (Å²) in [6.07, 6.45) is 7.03. The van der Waals surface area contributed by atoms with Gasteiger partial charge >= 0.3 is 0 Å². The molecule has 0 radical (unpaired) electrons. The van der Waals surface area contributed by atoms with Gasteiger partial charge in [-0.05, 0) is 38.1 Å². The van der Waals surface area contributed by atoms with Crippen LogP contribution in [0.15, 0.2) is 48.7 Å². The van der Waals surface area contributed by atoms with Crippen LogP contribution in [0, 0.1) is 12.3 Å². The fraction of sp³-hybridized carbons (Fsp3) is 0.176. The highest BCUT2D eigenvalue weighted by molar-refractivity contribution is 5.99. The van der Waals surface area contributed by atoms with E-state index in [4.69, 9.17) is 6.42 Å². The van der Waals surface area contributed by atoms with Gasteiger partial charge in [0.15, 0.2) is 0 Å². The Balaban J connectivity index is 2.25. The first-order valence-corrected chi connectivity index (χ1v) is 6.59. The van der Waals surface area contributed by atoms with E-state index in [2.05, 4.69) is 21.5 Å².